The van der Waals surface area contributed by atoms with E-state index in [0.717, 1.165) is 9.90 Å². The van der Waals surface area contributed by atoms with E-state index < -0.39 is 0 Å². The van der Waals surface area contributed by atoms with E-state index in [4.69, 9.17) is 4.74 Å². The van der Waals surface area contributed by atoms with Gasteiger partial charge in [0, 0.05) is 12.3 Å². The Morgan fingerprint density at radius 1 is 1.04 bits per heavy atom. The lowest BCUT2D eigenvalue weighted by atomic mass is 10.2. The maximum atomic E-state index is 13.4. The van der Waals surface area contributed by atoms with Gasteiger partial charge in [-0.05, 0) is 29.8 Å². The molecule has 1 aromatic heterocycles. The van der Waals surface area contributed by atoms with E-state index in [1.807, 2.05) is 0 Å². The summed E-state index contributed by atoms with van der Waals surface area (Å²) < 4.78 is 32.5. The Morgan fingerprint density at radius 2 is 1.84 bits per heavy atom. The number of thioether (sulfide) groups is 1. The molecule has 0 spiro atoms. The Hall–Kier alpha value is -2.19. The molecule has 0 aliphatic carbocycles. The fourth-order valence-electron chi connectivity index (χ4n) is 1.96. The van der Waals surface area contributed by atoms with Gasteiger partial charge in [-0.2, -0.15) is 0 Å². The fraction of sp³-hybridized carbons (Fsp3) is 0.176. The topological polar surface area (TPSA) is 47.0 Å². The van der Waals surface area contributed by atoms with E-state index in [0.29, 0.717) is 24.0 Å². The predicted molar refractivity (Wildman–Crippen MR) is 96.3 cm³/mol. The van der Waals surface area contributed by atoms with Gasteiger partial charge in [0.25, 0.3) is 0 Å². The average molecular weight is 379 g/mol. The first-order valence-corrected chi connectivity index (χ1v) is 9.33. The average Bonchev–Trinajstić information content (AvgIpc) is 3.07. The van der Waals surface area contributed by atoms with Gasteiger partial charge in [-0.15, -0.1) is 10.2 Å². The second kappa shape index (κ2) is 8.77. The molecule has 0 aliphatic heterocycles. The molecule has 0 amide bonds. The van der Waals surface area contributed by atoms with Crippen LogP contribution in [0.4, 0.5) is 13.9 Å². The fourth-order valence-corrected chi connectivity index (χ4v) is 3.60. The van der Waals surface area contributed by atoms with Crippen LogP contribution >= 0.6 is 23.1 Å². The van der Waals surface area contributed by atoms with Crippen molar-refractivity contribution < 1.29 is 13.5 Å². The third kappa shape index (κ3) is 5.40. The van der Waals surface area contributed by atoms with Crippen LogP contribution in [0, 0.1) is 11.6 Å². The van der Waals surface area contributed by atoms with Crippen LogP contribution in [0.25, 0.3) is 0 Å². The summed E-state index contributed by atoms with van der Waals surface area (Å²) in [5, 5.41) is 12.0. The summed E-state index contributed by atoms with van der Waals surface area (Å²) >= 11 is 2.93. The number of ether oxygens (including phenoxy) is 1. The molecular weight excluding hydrogens is 364 g/mol. The Labute approximate surface area is 152 Å². The molecule has 0 saturated heterocycles. The summed E-state index contributed by atoms with van der Waals surface area (Å²) in [4.78, 5) is 0. The lowest BCUT2D eigenvalue weighted by molar-refractivity contribution is 0.325. The highest BCUT2D eigenvalue weighted by Gasteiger charge is 2.06. The summed E-state index contributed by atoms with van der Waals surface area (Å²) in [6.07, 6.45) is 0. The molecule has 0 aliphatic rings. The normalized spacial score (nSPS) is 10.6. The van der Waals surface area contributed by atoms with E-state index in [-0.39, 0.29) is 17.4 Å². The van der Waals surface area contributed by atoms with Crippen molar-refractivity contribution in [1.29, 1.82) is 0 Å². The van der Waals surface area contributed by atoms with Crippen LogP contribution in [0.1, 0.15) is 5.56 Å². The Kier molecular flexibility index (Phi) is 6.19. The van der Waals surface area contributed by atoms with Crippen molar-refractivity contribution >= 4 is 28.2 Å². The van der Waals surface area contributed by atoms with Crippen molar-refractivity contribution in [1.82, 2.24) is 10.2 Å². The Bertz CT molecular complexity index is 812. The van der Waals surface area contributed by atoms with Crippen LogP contribution < -0.4 is 10.1 Å². The van der Waals surface area contributed by atoms with E-state index in [1.54, 1.807) is 30.3 Å². The zero-order valence-electron chi connectivity index (χ0n) is 13.1. The number of nitrogens with one attached hydrogen (secondary N) is 1. The summed E-state index contributed by atoms with van der Waals surface area (Å²) in [5.41, 5.74) is 0.962. The maximum Gasteiger partial charge on any atom is 0.206 e. The van der Waals surface area contributed by atoms with Crippen molar-refractivity contribution in [2.75, 3.05) is 17.7 Å². The first-order valence-electron chi connectivity index (χ1n) is 7.52. The van der Waals surface area contributed by atoms with Crippen molar-refractivity contribution in [3.05, 3.63) is 65.7 Å². The molecule has 130 valence electrons. The van der Waals surface area contributed by atoms with Crippen molar-refractivity contribution in [2.45, 2.75) is 10.9 Å². The number of rotatable bonds is 8. The van der Waals surface area contributed by atoms with Crippen LogP contribution in [-0.2, 0) is 6.54 Å². The number of hydrogen-bond donors (Lipinski definition) is 1. The predicted octanol–water partition coefficient (Wildman–Crippen LogP) is 4.60. The molecule has 0 fully saturated rings. The lowest BCUT2D eigenvalue weighted by Crippen LogP contribution is -2.01. The molecule has 3 rings (SSSR count). The number of hydrogen-bond acceptors (Lipinski definition) is 6. The summed E-state index contributed by atoms with van der Waals surface area (Å²) in [5.74, 6) is 0.273. The van der Waals surface area contributed by atoms with Crippen molar-refractivity contribution in [3.63, 3.8) is 0 Å². The highest BCUT2D eigenvalue weighted by Crippen LogP contribution is 2.26. The Balaban J connectivity index is 1.41. The number of para-hydroxylation sites is 1. The molecule has 0 unspecified atom stereocenters. The number of benzene rings is 2. The van der Waals surface area contributed by atoms with E-state index >= 15 is 0 Å². The number of anilines is 1. The summed E-state index contributed by atoms with van der Waals surface area (Å²) in [6.45, 7) is 0.930. The highest BCUT2D eigenvalue weighted by molar-refractivity contribution is 8.01. The molecule has 8 heteroatoms. The van der Waals surface area contributed by atoms with Gasteiger partial charge < -0.3 is 10.1 Å². The van der Waals surface area contributed by atoms with Gasteiger partial charge in [0.2, 0.25) is 5.13 Å². The van der Waals surface area contributed by atoms with Gasteiger partial charge in [0.05, 0.1) is 6.61 Å². The van der Waals surface area contributed by atoms with Crippen LogP contribution in [0.3, 0.4) is 0 Å². The van der Waals surface area contributed by atoms with Gasteiger partial charge in [-0.25, -0.2) is 8.78 Å². The van der Waals surface area contributed by atoms with E-state index in [9.17, 15) is 8.78 Å². The minimum atomic E-state index is -0.365. The van der Waals surface area contributed by atoms with Gasteiger partial charge in [-0.1, -0.05) is 47.4 Å². The Morgan fingerprint density at radius 3 is 2.64 bits per heavy atom. The van der Waals surface area contributed by atoms with Crippen LogP contribution in [0.2, 0.25) is 0 Å². The van der Waals surface area contributed by atoms with Gasteiger partial charge >= 0.3 is 0 Å². The zero-order valence-corrected chi connectivity index (χ0v) is 14.7. The van der Waals surface area contributed by atoms with Crippen molar-refractivity contribution in [3.8, 4) is 5.75 Å². The first kappa shape index (κ1) is 17.6. The second-order valence-electron chi connectivity index (χ2n) is 4.98. The largest absolute Gasteiger partial charge is 0.490 e. The lowest BCUT2D eigenvalue weighted by Gasteiger charge is -2.05. The standard InChI is InChI=1S/C17H15F2N3OS2/c18-13-7-5-12(6-8-13)11-20-16-21-22-17(25-16)24-10-9-23-15-4-2-1-3-14(15)19/h1-8H,9-11H2,(H,20,21). The van der Waals surface area contributed by atoms with Crippen molar-refractivity contribution in [2.24, 2.45) is 0 Å². The van der Waals surface area contributed by atoms with Crippen LogP contribution in [-0.4, -0.2) is 22.6 Å². The van der Waals surface area contributed by atoms with Gasteiger partial charge in [-0.3, -0.25) is 0 Å². The summed E-state index contributed by atoms with van der Waals surface area (Å²) in [6, 6.07) is 12.6. The molecule has 0 radical (unpaired) electrons. The summed E-state index contributed by atoms with van der Waals surface area (Å²) in [7, 11) is 0. The molecule has 1 heterocycles. The van der Waals surface area contributed by atoms with Crippen LogP contribution in [0.5, 0.6) is 5.75 Å². The molecule has 2 aromatic carbocycles. The molecule has 0 saturated carbocycles. The number of aromatic nitrogens is 2. The minimum Gasteiger partial charge on any atom is -0.490 e. The molecule has 25 heavy (non-hydrogen) atoms. The first-order chi connectivity index (χ1) is 12.2. The molecular formula is C17H15F2N3OS2. The maximum absolute atomic E-state index is 13.4. The molecule has 1 N–H and O–H groups in total. The molecule has 0 bridgehead atoms. The zero-order chi connectivity index (χ0) is 17.5. The van der Waals surface area contributed by atoms with Crippen LogP contribution in [0.15, 0.2) is 52.9 Å². The minimum absolute atomic E-state index is 0.252. The molecule has 4 nitrogen and oxygen atoms in total. The van der Waals surface area contributed by atoms with E-state index in [2.05, 4.69) is 15.5 Å². The van der Waals surface area contributed by atoms with E-state index in [1.165, 1.54) is 41.3 Å². The quantitative estimate of drug-likeness (QED) is 0.458. The number of nitrogens with zero attached hydrogens (tertiary/aromatic N) is 2. The molecule has 0 atom stereocenters. The third-order valence-corrected chi connectivity index (χ3v) is 5.15. The monoisotopic (exact) mass is 379 g/mol. The SMILES string of the molecule is Fc1ccc(CNc2nnc(SCCOc3ccccc3F)s2)cc1. The van der Waals surface area contributed by atoms with Gasteiger partial charge in [0.1, 0.15) is 5.82 Å². The van der Waals surface area contributed by atoms with Gasteiger partial charge in [0.15, 0.2) is 15.9 Å². The smallest absolute Gasteiger partial charge is 0.206 e. The highest BCUT2D eigenvalue weighted by atomic mass is 32.2. The third-order valence-electron chi connectivity index (χ3n) is 3.17. The molecule has 3 aromatic rings. The second-order valence-corrected chi connectivity index (χ2v) is 7.30. The number of halogens is 2.